The fourth-order valence-corrected chi connectivity index (χ4v) is 6.31. The number of aliphatic imine (C=N–C) groups is 2. The lowest BCUT2D eigenvalue weighted by molar-refractivity contribution is -0.115. The summed E-state index contributed by atoms with van der Waals surface area (Å²) >= 11 is 2.56. The molecule has 0 spiro atoms. The van der Waals surface area contributed by atoms with E-state index in [1.165, 1.54) is 86.0 Å². The van der Waals surface area contributed by atoms with Gasteiger partial charge in [0.05, 0.1) is 0 Å². The molecule has 2 heterocycles. The van der Waals surface area contributed by atoms with E-state index in [1.54, 1.807) is 0 Å². The summed E-state index contributed by atoms with van der Waals surface area (Å²) in [6.45, 7) is 4.44. The Labute approximate surface area is 223 Å². The van der Waals surface area contributed by atoms with E-state index in [2.05, 4.69) is 48.1 Å². The maximum absolute atomic E-state index is 12.7. The molecule has 0 aliphatic carbocycles. The lowest BCUT2D eigenvalue weighted by Gasteiger charge is -2.05. The van der Waals surface area contributed by atoms with Gasteiger partial charge in [0.15, 0.2) is 0 Å². The van der Waals surface area contributed by atoms with Gasteiger partial charge in [0.2, 0.25) is 0 Å². The number of hydrogen-bond acceptors (Lipinski definition) is 4. The molecule has 2 aliphatic heterocycles. The Bertz CT molecular complexity index is 1080. The Balaban J connectivity index is 1.37. The van der Waals surface area contributed by atoms with Crippen LogP contribution in [-0.2, 0) is 22.4 Å². The summed E-state index contributed by atoms with van der Waals surface area (Å²) < 4.78 is 0. The zero-order chi connectivity index (χ0) is 25.3. The largest absolute Gasteiger partial charge is 0.286 e. The van der Waals surface area contributed by atoms with Crippen LogP contribution in [-0.4, -0.2) is 21.9 Å². The standard InChI is InChI=1S/C30H34N2O2S2/c1-3-5-7-9-11-21-13-17-23(18-14-21)29-31-27(33)25(35-29)26-28(34)32-30(36-26)24-19-15-22(16-20-24)12-10-8-6-4-2/h13-20H,3-12H2,1-2H3/b26-25+. The quantitative estimate of drug-likeness (QED) is 0.212. The predicted octanol–water partition coefficient (Wildman–Crippen LogP) is 7.88. The summed E-state index contributed by atoms with van der Waals surface area (Å²) in [6.07, 6.45) is 12.1. The van der Waals surface area contributed by atoms with Gasteiger partial charge in [-0.05, 0) is 36.8 Å². The van der Waals surface area contributed by atoms with Crippen molar-refractivity contribution < 1.29 is 9.59 Å². The molecule has 0 aromatic heterocycles. The first kappa shape index (κ1) is 26.6. The van der Waals surface area contributed by atoms with Crippen LogP contribution < -0.4 is 0 Å². The second kappa shape index (κ2) is 13.2. The normalized spacial score (nSPS) is 17.6. The van der Waals surface area contributed by atoms with Gasteiger partial charge < -0.3 is 0 Å². The van der Waals surface area contributed by atoms with Crippen LogP contribution in [0.1, 0.15) is 87.5 Å². The van der Waals surface area contributed by atoms with Crippen molar-refractivity contribution >= 4 is 45.4 Å². The van der Waals surface area contributed by atoms with Crippen LogP contribution >= 0.6 is 23.5 Å². The molecule has 0 unspecified atom stereocenters. The van der Waals surface area contributed by atoms with Crippen molar-refractivity contribution in [1.82, 2.24) is 0 Å². The number of hydrogen-bond donors (Lipinski definition) is 0. The van der Waals surface area contributed by atoms with E-state index >= 15 is 0 Å². The average Bonchev–Trinajstić information content (AvgIpc) is 3.47. The van der Waals surface area contributed by atoms with Crippen molar-refractivity contribution in [2.45, 2.75) is 78.1 Å². The van der Waals surface area contributed by atoms with E-state index < -0.39 is 0 Å². The summed E-state index contributed by atoms with van der Waals surface area (Å²) in [5.41, 5.74) is 4.42. The number of amides is 2. The number of nitrogens with zero attached hydrogens (tertiary/aromatic N) is 2. The molecule has 0 radical (unpaired) electrons. The van der Waals surface area contributed by atoms with E-state index in [4.69, 9.17) is 0 Å². The topological polar surface area (TPSA) is 58.9 Å². The summed E-state index contributed by atoms with van der Waals surface area (Å²) in [7, 11) is 0. The van der Waals surface area contributed by atoms with E-state index in [9.17, 15) is 9.59 Å². The summed E-state index contributed by atoms with van der Waals surface area (Å²) in [5.74, 6) is -0.707. The third-order valence-electron chi connectivity index (χ3n) is 6.44. The minimum atomic E-state index is -0.353. The van der Waals surface area contributed by atoms with Crippen molar-refractivity contribution in [2.24, 2.45) is 9.98 Å². The number of rotatable bonds is 12. The number of thioether (sulfide) groups is 2. The Morgan fingerprint density at radius 3 is 1.31 bits per heavy atom. The van der Waals surface area contributed by atoms with Gasteiger partial charge in [-0.15, -0.1) is 0 Å². The Kier molecular flexibility index (Phi) is 9.76. The Hall–Kier alpha value is -2.44. The molecule has 0 saturated heterocycles. The summed E-state index contributed by atoms with van der Waals surface area (Å²) in [6, 6.07) is 16.6. The number of unbranched alkanes of at least 4 members (excludes halogenated alkanes) is 6. The summed E-state index contributed by atoms with van der Waals surface area (Å²) in [5, 5.41) is 1.30. The highest BCUT2D eigenvalue weighted by Crippen LogP contribution is 2.41. The van der Waals surface area contributed by atoms with Gasteiger partial charge in [-0.2, -0.15) is 0 Å². The maximum Gasteiger partial charge on any atom is 0.286 e. The van der Waals surface area contributed by atoms with E-state index in [0.717, 1.165) is 24.0 Å². The fraction of sp³-hybridized carbons (Fsp3) is 0.400. The number of carbonyl (C=O) groups is 2. The number of benzene rings is 2. The molecule has 188 valence electrons. The highest BCUT2D eigenvalue weighted by molar-refractivity contribution is 8.22. The highest BCUT2D eigenvalue weighted by atomic mass is 32.2. The van der Waals surface area contributed by atoms with E-state index in [0.29, 0.717) is 19.9 Å². The molecule has 0 N–H and O–H groups in total. The van der Waals surface area contributed by atoms with Gasteiger partial charge in [0.25, 0.3) is 11.8 Å². The second-order valence-electron chi connectivity index (χ2n) is 9.32. The van der Waals surface area contributed by atoms with Crippen LogP contribution in [0, 0.1) is 0 Å². The van der Waals surface area contributed by atoms with Gasteiger partial charge in [-0.25, -0.2) is 9.98 Å². The lowest BCUT2D eigenvalue weighted by atomic mass is 10.0. The second-order valence-corrected chi connectivity index (χ2v) is 11.3. The SMILES string of the molecule is CCCCCCc1ccc(C2=NC(=O)/C(=C3\SC(c4ccc(CCCCCC)cc4)=NC3=O)S2)cc1. The third-order valence-corrected chi connectivity index (χ3v) is 8.77. The molecular formula is C30H34N2O2S2. The molecule has 2 aromatic carbocycles. The van der Waals surface area contributed by atoms with Crippen LogP contribution in [0.5, 0.6) is 0 Å². The van der Waals surface area contributed by atoms with Gasteiger partial charge >= 0.3 is 0 Å². The molecule has 36 heavy (non-hydrogen) atoms. The van der Waals surface area contributed by atoms with Gasteiger partial charge in [-0.3, -0.25) is 9.59 Å². The Morgan fingerprint density at radius 2 is 0.944 bits per heavy atom. The molecule has 0 bridgehead atoms. The molecule has 6 heteroatoms. The smallest absolute Gasteiger partial charge is 0.266 e. The first-order chi connectivity index (χ1) is 17.6. The minimum absolute atomic E-state index is 0.353. The van der Waals surface area contributed by atoms with Crippen molar-refractivity contribution in [3.63, 3.8) is 0 Å². The monoisotopic (exact) mass is 518 g/mol. The zero-order valence-corrected chi connectivity index (χ0v) is 22.9. The van der Waals surface area contributed by atoms with Crippen molar-refractivity contribution in [3.05, 3.63) is 80.6 Å². The van der Waals surface area contributed by atoms with Crippen LogP contribution in [0.3, 0.4) is 0 Å². The molecule has 0 atom stereocenters. The first-order valence-corrected chi connectivity index (χ1v) is 14.8. The van der Waals surface area contributed by atoms with Crippen LogP contribution in [0.2, 0.25) is 0 Å². The average molecular weight is 519 g/mol. The highest BCUT2D eigenvalue weighted by Gasteiger charge is 2.34. The van der Waals surface area contributed by atoms with Crippen molar-refractivity contribution in [2.75, 3.05) is 0 Å². The molecule has 4 nitrogen and oxygen atoms in total. The maximum atomic E-state index is 12.7. The molecule has 2 amide bonds. The van der Waals surface area contributed by atoms with Gasteiger partial charge in [0.1, 0.15) is 19.9 Å². The molecule has 4 rings (SSSR count). The fourth-order valence-electron chi connectivity index (χ4n) is 4.29. The predicted molar refractivity (Wildman–Crippen MR) is 154 cm³/mol. The first-order valence-electron chi connectivity index (χ1n) is 13.1. The van der Waals surface area contributed by atoms with Gasteiger partial charge in [0, 0.05) is 11.1 Å². The van der Waals surface area contributed by atoms with Crippen molar-refractivity contribution in [1.29, 1.82) is 0 Å². The van der Waals surface area contributed by atoms with E-state index in [-0.39, 0.29) is 11.8 Å². The number of aryl methyl sites for hydroxylation is 2. The van der Waals surface area contributed by atoms with Crippen LogP contribution in [0.4, 0.5) is 0 Å². The van der Waals surface area contributed by atoms with Crippen LogP contribution in [0.15, 0.2) is 68.3 Å². The minimum Gasteiger partial charge on any atom is -0.266 e. The molecule has 2 aromatic rings. The Morgan fingerprint density at radius 1 is 0.556 bits per heavy atom. The molecule has 0 saturated carbocycles. The molecular weight excluding hydrogens is 484 g/mol. The van der Waals surface area contributed by atoms with E-state index in [1.807, 2.05) is 24.3 Å². The molecule has 2 aliphatic rings. The molecule has 0 fully saturated rings. The zero-order valence-electron chi connectivity index (χ0n) is 21.2. The lowest BCUT2D eigenvalue weighted by Crippen LogP contribution is -1.98. The van der Waals surface area contributed by atoms with Crippen LogP contribution in [0.25, 0.3) is 0 Å². The summed E-state index contributed by atoms with van der Waals surface area (Å²) in [4.78, 5) is 34.7. The number of carbonyl (C=O) groups excluding carboxylic acids is 2. The van der Waals surface area contributed by atoms with Crippen molar-refractivity contribution in [3.8, 4) is 0 Å². The van der Waals surface area contributed by atoms with Gasteiger partial charge in [-0.1, -0.05) is 124 Å². The third kappa shape index (κ3) is 6.86.